The molecule has 0 aromatic heterocycles. The lowest BCUT2D eigenvalue weighted by Gasteiger charge is -2.22. The minimum Gasteiger partial charge on any atom is -0.388 e. The lowest BCUT2D eigenvalue weighted by molar-refractivity contribution is -0.127. The molecule has 4 heteroatoms. The number of hydrogen-bond acceptors (Lipinski definition) is 3. The lowest BCUT2D eigenvalue weighted by Crippen LogP contribution is -2.42. The monoisotopic (exact) mass is 243 g/mol. The van der Waals surface area contributed by atoms with Gasteiger partial charge in [0.2, 0.25) is 5.91 Å². The quantitative estimate of drug-likeness (QED) is 0.637. The highest BCUT2D eigenvalue weighted by molar-refractivity contribution is 5.77. The van der Waals surface area contributed by atoms with Crippen LogP contribution in [0.3, 0.4) is 0 Å². The molecule has 1 saturated carbocycles. The van der Waals surface area contributed by atoms with E-state index in [4.69, 9.17) is 4.74 Å². The summed E-state index contributed by atoms with van der Waals surface area (Å²) in [5.74, 6) is -0.123. The molecule has 1 aliphatic carbocycles. The molecule has 2 N–H and O–H groups in total. The van der Waals surface area contributed by atoms with Crippen molar-refractivity contribution in [3.05, 3.63) is 0 Å². The van der Waals surface area contributed by atoms with Crippen LogP contribution in [-0.4, -0.2) is 36.4 Å². The molecule has 1 fully saturated rings. The van der Waals surface area contributed by atoms with Gasteiger partial charge in [-0.05, 0) is 19.3 Å². The predicted molar refractivity (Wildman–Crippen MR) is 66.8 cm³/mol. The number of hydrogen-bond donors (Lipinski definition) is 2. The number of carbonyl (C=O) groups is 1. The molecule has 4 nitrogen and oxygen atoms in total. The van der Waals surface area contributed by atoms with E-state index in [2.05, 4.69) is 12.2 Å². The van der Waals surface area contributed by atoms with E-state index in [1.807, 2.05) is 0 Å². The number of nitrogens with one attached hydrogen (secondary N) is 1. The van der Waals surface area contributed by atoms with E-state index in [0.29, 0.717) is 13.2 Å². The van der Waals surface area contributed by atoms with Gasteiger partial charge in [-0.2, -0.15) is 0 Å². The number of amides is 1. The maximum absolute atomic E-state index is 11.4. The SMILES string of the molecule is CCCCCOCC(=O)NCC1(O)CCCC1. The first-order chi connectivity index (χ1) is 8.16. The van der Waals surface area contributed by atoms with Gasteiger partial charge in [-0.1, -0.05) is 32.6 Å². The minimum absolute atomic E-state index is 0.111. The summed E-state index contributed by atoms with van der Waals surface area (Å²) in [6.07, 6.45) is 7.01. The number of ether oxygens (including phenoxy) is 1. The van der Waals surface area contributed by atoms with Gasteiger partial charge in [-0.15, -0.1) is 0 Å². The van der Waals surface area contributed by atoms with E-state index in [0.717, 1.165) is 44.9 Å². The molecule has 0 aliphatic heterocycles. The van der Waals surface area contributed by atoms with Crippen LogP contribution in [0.4, 0.5) is 0 Å². The second-order valence-electron chi connectivity index (χ2n) is 4.97. The first-order valence-corrected chi connectivity index (χ1v) is 6.73. The number of unbranched alkanes of at least 4 members (excludes halogenated alkanes) is 2. The minimum atomic E-state index is -0.669. The zero-order valence-corrected chi connectivity index (χ0v) is 10.8. The van der Waals surface area contributed by atoms with Crippen LogP contribution in [0.5, 0.6) is 0 Å². The van der Waals surface area contributed by atoms with E-state index in [-0.39, 0.29) is 12.5 Å². The molecule has 100 valence electrons. The predicted octanol–water partition coefficient (Wildman–Crippen LogP) is 1.61. The first-order valence-electron chi connectivity index (χ1n) is 6.73. The van der Waals surface area contributed by atoms with Crippen LogP contribution >= 0.6 is 0 Å². The lowest BCUT2D eigenvalue weighted by atomic mass is 10.0. The fourth-order valence-corrected chi connectivity index (χ4v) is 2.14. The Kier molecular flexibility index (Phi) is 6.52. The van der Waals surface area contributed by atoms with Crippen molar-refractivity contribution in [3.63, 3.8) is 0 Å². The average Bonchev–Trinajstić information content (AvgIpc) is 2.74. The molecule has 0 heterocycles. The molecule has 1 amide bonds. The van der Waals surface area contributed by atoms with Gasteiger partial charge in [-0.25, -0.2) is 0 Å². The summed E-state index contributed by atoms with van der Waals surface area (Å²) in [6.45, 7) is 3.25. The normalized spacial score (nSPS) is 18.2. The Labute approximate surface area is 104 Å². The van der Waals surface area contributed by atoms with Crippen molar-refractivity contribution in [1.29, 1.82) is 0 Å². The van der Waals surface area contributed by atoms with Crippen LogP contribution in [0.2, 0.25) is 0 Å². The van der Waals surface area contributed by atoms with Crippen molar-refractivity contribution >= 4 is 5.91 Å². The van der Waals surface area contributed by atoms with Gasteiger partial charge in [-0.3, -0.25) is 4.79 Å². The van der Waals surface area contributed by atoms with Crippen LogP contribution in [0.15, 0.2) is 0 Å². The third-order valence-electron chi connectivity index (χ3n) is 3.27. The van der Waals surface area contributed by atoms with Gasteiger partial charge in [0, 0.05) is 13.2 Å². The molecule has 0 spiro atoms. The van der Waals surface area contributed by atoms with Gasteiger partial charge in [0.25, 0.3) is 0 Å². The average molecular weight is 243 g/mol. The van der Waals surface area contributed by atoms with Crippen LogP contribution in [0, 0.1) is 0 Å². The zero-order chi connectivity index (χ0) is 12.6. The van der Waals surface area contributed by atoms with E-state index in [1.165, 1.54) is 0 Å². The van der Waals surface area contributed by atoms with E-state index < -0.39 is 5.60 Å². The summed E-state index contributed by atoms with van der Waals surface area (Å²) in [7, 11) is 0. The second kappa shape index (κ2) is 7.67. The Hall–Kier alpha value is -0.610. The maximum atomic E-state index is 11.4. The number of carbonyl (C=O) groups excluding carboxylic acids is 1. The highest BCUT2D eigenvalue weighted by atomic mass is 16.5. The first kappa shape index (κ1) is 14.5. The van der Waals surface area contributed by atoms with Crippen molar-refractivity contribution in [2.75, 3.05) is 19.8 Å². The Morgan fingerprint density at radius 3 is 2.71 bits per heavy atom. The van der Waals surface area contributed by atoms with Gasteiger partial charge < -0.3 is 15.2 Å². The largest absolute Gasteiger partial charge is 0.388 e. The van der Waals surface area contributed by atoms with E-state index in [9.17, 15) is 9.90 Å². The Morgan fingerprint density at radius 2 is 2.06 bits per heavy atom. The molecule has 0 unspecified atom stereocenters. The topological polar surface area (TPSA) is 58.6 Å². The van der Waals surface area contributed by atoms with Crippen molar-refractivity contribution in [3.8, 4) is 0 Å². The Morgan fingerprint density at radius 1 is 1.35 bits per heavy atom. The Bertz CT molecular complexity index is 225. The molecule has 0 bridgehead atoms. The fraction of sp³-hybridized carbons (Fsp3) is 0.923. The molecular weight excluding hydrogens is 218 g/mol. The van der Waals surface area contributed by atoms with Crippen molar-refractivity contribution in [2.24, 2.45) is 0 Å². The summed E-state index contributed by atoms with van der Waals surface area (Å²) < 4.78 is 5.25. The van der Waals surface area contributed by atoms with Gasteiger partial charge in [0.15, 0.2) is 0 Å². The molecule has 1 rings (SSSR count). The van der Waals surface area contributed by atoms with Crippen molar-refractivity contribution in [2.45, 2.75) is 57.5 Å². The molecule has 0 atom stereocenters. The zero-order valence-electron chi connectivity index (χ0n) is 10.8. The summed E-state index contributed by atoms with van der Waals surface area (Å²) in [5, 5.41) is 12.8. The molecule has 17 heavy (non-hydrogen) atoms. The van der Waals surface area contributed by atoms with Gasteiger partial charge in [0.1, 0.15) is 6.61 Å². The van der Waals surface area contributed by atoms with Gasteiger partial charge in [0.05, 0.1) is 5.60 Å². The standard InChI is InChI=1S/C13H25NO3/c1-2-3-6-9-17-10-12(15)14-11-13(16)7-4-5-8-13/h16H,2-11H2,1H3,(H,14,15). The summed E-state index contributed by atoms with van der Waals surface area (Å²) in [4.78, 5) is 11.4. The van der Waals surface area contributed by atoms with E-state index >= 15 is 0 Å². The van der Waals surface area contributed by atoms with Crippen LogP contribution in [-0.2, 0) is 9.53 Å². The van der Waals surface area contributed by atoms with Crippen LogP contribution < -0.4 is 5.32 Å². The highest BCUT2D eigenvalue weighted by Gasteiger charge is 2.31. The van der Waals surface area contributed by atoms with Crippen LogP contribution in [0.25, 0.3) is 0 Å². The van der Waals surface area contributed by atoms with Gasteiger partial charge >= 0.3 is 0 Å². The maximum Gasteiger partial charge on any atom is 0.246 e. The molecule has 1 aliphatic rings. The second-order valence-corrected chi connectivity index (χ2v) is 4.97. The van der Waals surface area contributed by atoms with Crippen molar-refractivity contribution in [1.82, 2.24) is 5.32 Å². The van der Waals surface area contributed by atoms with E-state index in [1.54, 1.807) is 0 Å². The highest BCUT2D eigenvalue weighted by Crippen LogP contribution is 2.28. The molecule has 0 saturated heterocycles. The summed E-state index contributed by atoms with van der Waals surface area (Å²) in [5.41, 5.74) is -0.669. The summed E-state index contributed by atoms with van der Waals surface area (Å²) in [6, 6.07) is 0. The smallest absolute Gasteiger partial charge is 0.246 e. The molecular formula is C13H25NO3. The third kappa shape index (κ3) is 6.03. The number of rotatable bonds is 8. The third-order valence-corrected chi connectivity index (χ3v) is 3.27. The molecule has 0 radical (unpaired) electrons. The molecule has 0 aromatic rings. The van der Waals surface area contributed by atoms with Crippen molar-refractivity contribution < 1.29 is 14.6 Å². The Balaban J connectivity index is 2.01. The fourth-order valence-electron chi connectivity index (χ4n) is 2.14. The summed E-state index contributed by atoms with van der Waals surface area (Å²) >= 11 is 0. The molecule has 0 aromatic carbocycles. The number of aliphatic hydroxyl groups is 1. The van der Waals surface area contributed by atoms with Crippen LogP contribution in [0.1, 0.15) is 51.9 Å².